The lowest BCUT2D eigenvalue weighted by molar-refractivity contribution is 0.475. The van der Waals surface area contributed by atoms with Gasteiger partial charge in [-0.1, -0.05) is 0 Å². The number of nitrogens with zero attached hydrogens (tertiary/aromatic N) is 2. The van der Waals surface area contributed by atoms with Crippen LogP contribution in [0.5, 0.6) is 5.75 Å². The highest BCUT2D eigenvalue weighted by Gasteiger charge is 2.09. The second-order valence-electron chi connectivity index (χ2n) is 4.49. The highest BCUT2D eigenvalue weighted by molar-refractivity contribution is 5.54. The Labute approximate surface area is 107 Å². The molecular formula is C14H19N3O. The van der Waals surface area contributed by atoms with Gasteiger partial charge in [-0.3, -0.25) is 4.68 Å². The summed E-state index contributed by atoms with van der Waals surface area (Å²) in [4.78, 5) is 0. The molecule has 0 aliphatic heterocycles. The molecule has 4 heteroatoms. The topological polar surface area (TPSA) is 50.1 Å². The number of hydrogen-bond donors (Lipinski definition) is 2. The Kier molecular flexibility index (Phi) is 3.55. The van der Waals surface area contributed by atoms with Crippen molar-refractivity contribution in [2.75, 3.05) is 5.32 Å². The zero-order chi connectivity index (χ0) is 13.1. The summed E-state index contributed by atoms with van der Waals surface area (Å²) in [5.41, 5.74) is 3.22. The van der Waals surface area contributed by atoms with Gasteiger partial charge in [-0.2, -0.15) is 5.10 Å². The Morgan fingerprint density at radius 3 is 2.83 bits per heavy atom. The molecule has 0 bridgehead atoms. The Balaban J connectivity index is 2.13. The van der Waals surface area contributed by atoms with Crippen LogP contribution in [0.25, 0.3) is 0 Å². The molecule has 1 aromatic heterocycles. The van der Waals surface area contributed by atoms with Crippen molar-refractivity contribution in [3.05, 3.63) is 41.7 Å². The Hall–Kier alpha value is -1.97. The average Bonchev–Trinajstić information content (AvgIpc) is 2.81. The maximum absolute atomic E-state index is 9.38. The average molecular weight is 245 g/mol. The fourth-order valence-electron chi connectivity index (χ4n) is 1.90. The number of anilines is 1. The molecular weight excluding hydrogens is 226 g/mol. The third-order valence-corrected chi connectivity index (χ3v) is 3.06. The highest BCUT2D eigenvalue weighted by Crippen LogP contribution is 2.24. The lowest BCUT2D eigenvalue weighted by atomic mass is 10.1. The Bertz CT molecular complexity index is 534. The van der Waals surface area contributed by atoms with Crippen molar-refractivity contribution in [2.45, 2.75) is 33.4 Å². The number of aromatic hydroxyl groups is 1. The largest absolute Gasteiger partial charge is 0.508 e. The van der Waals surface area contributed by atoms with Gasteiger partial charge < -0.3 is 10.4 Å². The van der Waals surface area contributed by atoms with Crippen LogP contribution >= 0.6 is 0 Å². The predicted molar refractivity (Wildman–Crippen MR) is 72.8 cm³/mol. The minimum absolute atomic E-state index is 0.188. The van der Waals surface area contributed by atoms with Gasteiger partial charge in [-0.05, 0) is 44.5 Å². The first-order valence-corrected chi connectivity index (χ1v) is 6.18. The smallest absolute Gasteiger partial charge is 0.115 e. The summed E-state index contributed by atoms with van der Waals surface area (Å²) in [6.07, 6.45) is 3.93. The summed E-state index contributed by atoms with van der Waals surface area (Å²) < 4.78 is 1.91. The first kappa shape index (κ1) is 12.5. The van der Waals surface area contributed by atoms with Gasteiger partial charge in [-0.25, -0.2) is 0 Å². The van der Waals surface area contributed by atoms with Crippen molar-refractivity contribution >= 4 is 5.69 Å². The minimum Gasteiger partial charge on any atom is -0.508 e. The third kappa shape index (κ3) is 2.64. The molecule has 2 aromatic rings. The fourth-order valence-corrected chi connectivity index (χ4v) is 1.90. The molecule has 96 valence electrons. The third-order valence-electron chi connectivity index (χ3n) is 3.06. The van der Waals surface area contributed by atoms with Gasteiger partial charge in [0.25, 0.3) is 0 Å². The van der Waals surface area contributed by atoms with Crippen LogP contribution in [0, 0.1) is 6.92 Å². The monoisotopic (exact) mass is 245 g/mol. The van der Waals surface area contributed by atoms with Gasteiger partial charge in [0, 0.05) is 24.0 Å². The molecule has 0 saturated heterocycles. The molecule has 0 radical (unpaired) electrons. The molecule has 0 saturated carbocycles. The molecule has 1 aromatic carbocycles. The Morgan fingerprint density at radius 1 is 1.44 bits per heavy atom. The summed E-state index contributed by atoms with van der Waals surface area (Å²) in [6.45, 7) is 7.03. The van der Waals surface area contributed by atoms with Crippen molar-refractivity contribution in [3.8, 4) is 5.75 Å². The number of phenols is 1. The number of aryl methyl sites for hydroxylation is 2. The second kappa shape index (κ2) is 5.12. The number of hydrogen-bond acceptors (Lipinski definition) is 3. The van der Waals surface area contributed by atoms with Crippen molar-refractivity contribution in [2.24, 2.45) is 0 Å². The van der Waals surface area contributed by atoms with Gasteiger partial charge in [0.1, 0.15) is 5.75 Å². The van der Waals surface area contributed by atoms with Crippen LogP contribution in [0.15, 0.2) is 30.6 Å². The number of phenolic OH excluding ortho intramolecular Hbond substituents is 1. The van der Waals surface area contributed by atoms with Gasteiger partial charge >= 0.3 is 0 Å². The zero-order valence-corrected chi connectivity index (χ0v) is 11.0. The van der Waals surface area contributed by atoms with Crippen LogP contribution in [-0.2, 0) is 6.54 Å². The summed E-state index contributed by atoms with van der Waals surface area (Å²) in [5.74, 6) is 0.296. The van der Waals surface area contributed by atoms with Crippen molar-refractivity contribution < 1.29 is 5.11 Å². The van der Waals surface area contributed by atoms with E-state index in [0.717, 1.165) is 23.4 Å². The van der Waals surface area contributed by atoms with E-state index in [1.54, 1.807) is 12.1 Å². The van der Waals surface area contributed by atoms with Crippen LogP contribution in [0.1, 0.15) is 31.0 Å². The predicted octanol–water partition coefficient (Wildman–Crippen LogP) is 3.09. The molecule has 2 N–H and O–H groups in total. The lowest BCUT2D eigenvalue weighted by Crippen LogP contribution is -2.06. The van der Waals surface area contributed by atoms with E-state index in [0.29, 0.717) is 5.75 Å². The van der Waals surface area contributed by atoms with Crippen LogP contribution in [0.4, 0.5) is 5.69 Å². The summed E-state index contributed by atoms with van der Waals surface area (Å²) >= 11 is 0. The number of rotatable bonds is 4. The van der Waals surface area contributed by atoms with Crippen LogP contribution in [0.3, 0.4) is 0 Å². The minimum atomic E-state index is 0.188. The van der Waals surface area contributed by atoms with Gasteiger partial charge in [-0.15, -0.1) is 0 Å². The molecule has 0 aliphatic rings. The van der Waals surface area contributed by atoms with Crippen molar-refractivity contribution in [3.63, 3.8) is 0 Å². The summed E-state index contributed by atoms with van der Waals surface area (Å²) in [5, 5.41) is 17.1. The lowest BCUT2D eigenvalue weighted by Gasteiger charge is -2.15. The van der Waals surface area contributed by atoms with Gasteiger partial charge in [0.05, 0.1) is 12.2 Å². The first-order chi connectivity index (χ1) is 8.60. The molecule has 1 atom stereocenters. The van der Waals surface area contributed by atoms with E-state index in [9.17, 15) is 5.11 Å². The molecule has 1 unspecified atom stereocenters. The van der Waals surface area contributed by atoms with E-state index < -0.39 is 0 Å². The highest BCUT2D eigenvalue weighted by atomic mass is 16.3. The Morgan fingerprint density at radius 2 is 2.22 bits per heavy atom. The van der Waals surface area contributed by atoms with E-state index in [-0.39, 0.29) is 6.04 Å². The molecule has 0 fully saturated rings. The molecule has 18 heavy (non-hydrogen) atoms. The number of nitrogens with one attached hydrogen (secondary N) is 1. The van der Waals surface area contributed by atoms with Crippen LogP contribution < -0.4 is 5.32 Å². The molecule has 1 heterocycles. The fraction of sp³-hybridized carbons (Fsp3) is 0.357. The van der Waals surface area contributed by atoms with Gasteiger partial charge in [0.2, 0.25) is 0 Å². The van der Waals surface area contributed by atoms with Crippen molar-refractivity contribution in [1.29, 1.82) is 0 Å². The zero-order valence-electron chi connectivity index (χ0n) is 11.0. The van der Waals surface area contributed by atoms with Gasteiger partial charge in [0.15, 0.2) is 0 Å². The molecule has 2 rings (SSSR count). The van der Waals surface area contributed by atoms with E-state index in [1.807, 2.05) is 30.1 Å². The van der Waals surface area contributed by atoms with Crippen molar-refractivity contribution in [1.82, 2.24) is 9.78 Å². The number of aromatic nitrogens is 2. The summed E-state index contributed by atoms with van der Waals surface area (Å²) in [7, 11) is 0. The van der Waals surface area contributed by atoms with Crippen LogP contribution in [0.2, 0.25) is 0 Å². The maximum atomic E-state index is 9.38. The van der Waals surface area contributed by atoms with Crippen LogP contribution in [-0.4, -0.2) is 14.9 Å². The second-order valence-corrected chi connectivity index (χ2v) is 4.49. The number of benzene rings is 1. The SMILES string of the molecule is CCn1cc(C(C)Nc2ccc(O)cc2C)cn1. The molecule has 0 amide bonds. The van der Waals surface area contributed by atoms with E-state index >= 15 is 0 Å². The molecule has 0 spiro atoms. The van der Waals surface area contributed by atoms with E-state index in [4.69, 9.17) is 0 Å². The maximum Gasteiger partial charge on any atom is 0.115 e. The first-order valence-electron chi connectivity index (χ1n) is 6.18. The van der Waals surface area contributed by atoms with E-state index in [2.05, 4.69) is 24.3 Å². The quantitative estimate of drug-likeness (QED) is 0.814. The molecule has 0 aliphatic carbocycles. The normalized spacial score (nSPS) is 12.4. The molecule has 4 nitrogen and oxygen atoms in total. The standard InChI is InChI=1S/C14H19N3O/c1-4-17-9-12(8-15-17)11(3)16-14-6-5-13(18)7-10(14)2/h5-9,11,16,18H,4H2,1-3H3. The summed E-state index contributed by atoms with van der Waals surface area (Å²) in [6, 6.07) is 5.53. The van der Waals surface area contributed by atoms with E-state index in [1.165, 1.54) is 0 Å².